The number of nitrogens with zero attached hydrogens (tertiary/aromatic N) is 4. The number of aromatic nitrogens is 4. The lowest BCUT2D eigenvalue weighted by atomic mass is 10.0. The summed E-state index contributed by atoms with van der Waals surface area (Å²) in [6, 6.07) is 2.33. The Bertz CT molecular complexity index is 746. The molecule has 1 amide bonds. The number of aryl methyl sites for hydroxylation is 4. The highest BCUT2D eigenvalue weighted by Crippen LogP contribution is 2.18. The van der Waals surface area contributed by atoms with E-state index in [9.17, 15) is 4.79 Å². The van der Waals surface area contributed by atoms with Crippen molar-refractivity contribution in [3.8, 4) is 6.01 Å². The molecule has 3 rings (SSSR count). The van der Waals surface area contributed by atoms with E-state index in [0.29, 0.717) is 19.0 Å². The highest BCUT2D eigenvalue weighted by atomic mass is 16.5. The molecule has 1 saturated heterocycles. The molecular weight excluding hydrogens is 330 g/mol. The van der Waals surface area contributed by atoms with Crippen molar-refractivity contribution < 1.29 is 9.53 Å². The van der Waals surface area contributed by atoms with Gasteiger partial charge in [-0.3, -0.25) is 9.89 Å². The third-order valence-electron chi connectivity index (χ3n) is 4.83. The molecule has 3 heterocycles. The minimum Gasteiger partial charge on any atom is -0.458 e. The second-order valence-corrected chi connectivity index (χ2v) is 7.07. The summed E-state index contributed by atoms with van der Waals surface area (Å²) in [5, 5.41) is 7.17. The van der Waals surface area contributed by atoms with E-state index in [0.717, 1.165) is 54.1 Å². The standard InChI is InChI=1S/C19H27N5O2/c1-12-10-13(2)21-19(20-12)26-16-6-5-9-24(11-16)18(25)8-7-17-14(3)22-23-15(17)4/h10,16H,5-9,11H2,1-4H3,(H,22,23). The van der Waals surface area contributed by atoms with Gasteiger partial charge in [-0.05, 0) is 58.6 Å². The predicted octanol–water partition coefficient (Wildman–Crippen LogP) is 2.44. The van der Waals surface area contributed by atoms with E-state index in [4.69, 9.17) is 4.74 Å². The van der Waals surface area contributed by atoms with Crippen LogP contribution in [0.5, 0.6) is 6.01 Å². The Hall–Kier alpha value is -2.44. The average molecular weight is 357 g/mol. The Labute approximate surface area is 154 Å². The maximum Gasteiger partial charge on any atom is 0.317 e. The van der Waals surface area contributed by atoms with Crippen molar-refractivity contribution in [1.82, 2.24) is 25.1 Å². The Kier molecular flexibility index (Phi) is 5.54. The van der Waals surface area contributed by atoms with E-state index in [1.165, 1.54) is 0 Å². The molecule has 7 heteroatoms. The molecule has 1 N–H and O–H groups in total. The SMILES string of the molecule is Cc1cc(C)nc(OC2CCCN(C(=O)CCc3c(C)n[nH]c3C)C2)n1. The Morgan fingerprint density at radius 2 is 2.00 bits per heavy atom. The second kappa shape index (κ2) is 7.85. The summed E-state index contributed by atoms with van der Waals surface area (Å²) in [4.78, 5) is 23.2. The summed E-state index contributed by atoms with van der Waals surface area (Å²) in [5.41, 5.74) is 4.94. The molecular formula is C19H27N5O2. The van der Waals surface area contributed by atoms with Crippen LogP contribution < -0.4 is 4.74 Å². The average Bonchev–Trinajstić information content (AvgIpc) is 2.90. The second-order valence-electron chi connectivity index (χ2n) is 7.07. The van der Waals surface area contributed by atoms with Gasteiger partial charge in [-0.15, -0.1) is 0 Å². The first-order chi connectivity index (χ1) is 12.4. The van der Waals surface area contributed by atoms with Crippen LogP contribution in [0.4, 0.5) is 0 Å². The summed E-state index contributed by atoms with van der Waals surface area (Å²) < 4.78 is 5.95. The van der Waals surface area contributed by atoms with Crippen molar-refractivity contribution in [1.29, 1.82) is 0 Å². The number of ether oxygens (including phenoxy) is 1. The first-order valence-corrected chi connectivity index (χ1v) is 9.19. The van der Waals surface area contributed by atoms with Gasteiger partial charge in [0.1, 0.15) is 6.10 Å². The summed E-state index contributed by atoms with van der Waals surface area (Å²) in [5.74, 6) is 0.166. The van der Waals surface area contributed by atoms with Crippen molar-refractivity contribution in [3.63, 3.8) is 0 Å². The quantitative estimate of drug-likeness (QED) is 0.888. The molecule has 1 atom stereocenters. The zero-order valence-electron chi connectivity index (χ0n) is 16.0. The van der Waals surface area contributed by atoms with Gasteiger partial charge in [-0.2, -0.15) is 5.10 Å². The van der Waals surface area contributed by atoms with Crippen molar-refractivity contribution in [2.24, 2.45) is 0 Å². The molecule has 2 aromatic heterocycles. The zero-order valence-corrected chi connectivity index (χ0v) is 16.0. The van der Waals surface area contributed by atoms with E-state index < -0.39 is 0 Å². The number of carbonyl (C=O) groups is 1. The monoisotopic (exact) mass is 357 g/mol. The molecule has 1 unspecified atom stereocenters. The number of carbonyl (C=O) groups excluding carboxylic acids is 1. The molecule has 0 saturated carbocycles. The molecule has 7 nitrogen and oxygen atoms in total. The molecule has 2 aromatic rings. The van der Waals surface area contributed by atoms with E-state index in [-0.39, 0.29) is 12.0 Å². The van der Waals surface area contributed by atoms with E-state index in [1.807, 2.05) is 38.7 Å². The lowest BCUT2D eigenvalue weighted by Crippen LogP contribution is -2.44. The predicted molar refractivity (Wildman–Crippen MR) is 98.1 cm³/mol. The lowest BCUT2D eigenvalue weighted by molar-refractivity contribution is -0.133. The summed E-state index contributed by atoms with van der Waals surface area (Å²) in [6.45, 7) is 9.21. The molecule has 140 valence electrons. The molecule has 0 aromatic carbocycles. The maximum atomic E-state index is 12.6. The third kappa shape index (κ3) is 4.39. The number of hydrogen-bond donors (Lipinski definition) is 1. The number of amides is 1. The van der Waals surface area contributed by atoms with Crippen LogP contribution in [0.3, 0.4) is 0 Å². The molecule has 1 aliphatic heterocycles. The molecule has 0 aliphatic carbocycles. The fourth-order valence-corrected chi connectivity index (χ4v) is 3.49. The topological polar surface area (TPSA) is 84.0 Å². The van der Waals surface area contributed by atoms with Gasteiger partial charge in [0.15, 0.2) is 0 Å². The normalized spacial score (nSPS) is 17.4. The van der Waals surface area contributed by atoms with Gasteiger partial charge in [0.2, 0.25) is 5.91 Å². The first kappa shape index (κ1) is 18.4. The lowest BCUT2D eigenvalue weighted by Gasteiger charge is -2.32. The van der Waals surface area contributed by atoms with Crippen LogP contribution in [0.25, 0.3) is 0 Å². The zero-order chi connectivity index (χ0) is 18.7. The first-order valence-electron chi connectivity index (χ1n) is 9.19. The summed E-state index contributed by atoms with van der Waals surface area (Å²) >= 11 is 0. The fraction of sp³-hybridized carbons (Fsp3) is 0.579. The van der Waals surface area contributed by atoms with Crippen LogP contribution in [0.15, 0.2) is 6.07 Å². The number of likely N-dealkylation sites (tertiary alicyclic amines) is 1. The maximum absolute atomic E-state index is 12.6. The van der Waals surface area contributed by atoms with Gasteiger partial charge >= 0.3 is 6.01 Å². The van der Waals surface area contributed by atoms with Gasteiger partial charge < -0.3 is 9.64 Å². The number of nitrogens with one attached hydrogen (secondary N) is 1. The van der Waals surface area contributed by atoms with Crippen LogP contribution in [0.2, 0.25) is 0 Å². The van der Waals surface area contributed by atoms with E-state index in [2.05, 4.69) is 20.2 Å². The summed E-state index contributed by atoms with van der Waals surface area (Å²) in [6.07, 6.45) is 3.01. The van der Waals surface area contributed by atoms with Crippen LogP contribution >= 0.6 is 0 Å². The molecule has 0 bridgehead atoms. The Balaban J connectivity index is 1.56. The van der Waals surface area contributed by atoms with Crippen molar-refractivity contribution in [2.75, 3.05) is 13.1 Å². The fourth-order valence-electron chi connectivity index (χ4n) is 3.49. The third-order valence-corrected chi connectivity index (χ3v) is 4.83. The van der Waals surface area contributed by atoms with Crippen LogP contribution in [0.1, 0.15) is 47.6 Å². The van der Waals surface area contributed by atoms with Gasteiger partial charge in [-0.25, -0.2) is 9.97 Å². The smallest absolute Gasteiger partial charge is 0.317 e. The molecule has 1 aliphatic rings. The van der Waals surface area contributed by atoms with Crippen LogP contribution in [0, 0.1) is 27.7 Å². The Morgan fingerprint density at radius 1 is 1.27 bits per heavy atom. The number of piperidine rings is 1. The molecule has 1 fully saturated rings. The number of hydrogen-bond acceptors (Lipinski definition) is 5. The van der Waals surface area contributed by atoms with E-state index >= 15 is 0 Å². The minimum atomic E-state index is -0.0497. The van der Waals surface area contributed by atoms with E-state index in [1.54, 1.807) is 0 Å². The largest absolute Gasteiger partial charge is 0.458 e. The molecule has 0 spiro atoms. The molecule has 0 radical (unpaired) electrons. The van der Waals surface area contributed by atoms with Crippen LogP contribution in [-0.2, 0) is 11.2 Å². The van der Waals surface area contributed by atoms with Crippen molar-refractivity contribution >= 4 is 5.91 Å². The van der Waals surface area contributed by atoms with Gasteiger partial charge in [0.25, 0.3) is 0 Å². The van der Waals surface area contributed by atoms with Gasteiger partial charge in [-0.1, -0.05) is 0 Å². The summed E-state index contributed by atoms with van der Waals surface area (Å²) in [7, 11) is 0. The minimum absolute atomic E-state index is 0.0497. The highest BCUT2D eigenvalue weighted by Gasteiger charge is 2.25. The van der Waals surface area contributed by atoms with Crippen molar-refractivity contribution in [3.05, 3.63) is 34.4 Å². The van der Waals surface area contributed by atoms with Crippen LogP contribution in [-0.4, -0.2) is 50.2 Å². The van der Waals surface area contributed by atoms with Gasteiger partial charge in [0, 0.05) is 30.0 Å². The number of aromatic amines is 1. The number of H-pyrrole nitrogens is 1. The highest BCUT2D eigenvalue weighted by molar-refractivity contribution is 5.76. The molecule has 26 heavy (non-hydrogen) atoms. The Morgan fingerprint density at radius 3 is 2.65 bits per heavy atom. The van der Waals surface area contributed by atoms with Gasteiger partial charge in [0.05, 0.1) is 12.2 Å². The number of rotatable bonds is 5. The van der Waals surface area contributed by atoms with Crippen molar-refractivity contribution in [2.45, 2.75) is 59.5 Å².